The Kier molecular flexibility index (Phi) is 6.83. The molecule has 0 spiro atoms. The molecule has 3 rings (SSSR count). The van der Waals surface area contributed by atoms with E-state index in [0.29, 0.717) is 11.5 Å². The third-order valence-electron chi connectivity index (χ3n) is 5.57. The summed E-state index contributed by atoms with van der Waals surface area (Å²) in [6, 6.07) is 6.64. The number of pyridine rings is 1. The molecule has 30 heavy (non-hydrogen) atoms. The molecule has 0 aliphatic heterocycles. The SMILES string of the molecule is CC(=O)NC(Cc1cc(F)cc(F)c1)[C@H](O)CNC1(c2cc(C(C)C)ccn2)CC1. The number of aliphatic hydroxyl groups is 1. The van der Waals surface area contributed by atoms with Gasteiger partial charge in [0.25, 0.3) is 0 Å². The maximum atomic E-state index is 13.5. The predicted molar refractivity (Wildman–Crippen MR) is 111 cm³/mol. The zero-order valence-electron chi connectivity index (χ0n) is 17.6. The minimum absolute atomic E-state index is 0.116. The molecular weight excluding hydrogens is 388 g/mol. The van der Waals surface area contributed by atoms with Crippen molar-refractivity contribution in [3.8, 4) is 0 Å². The summed E-state index contributed by atoms with van der Waals surface area (Å²) < 4.78 is 27.0. The molecule has 0 radical (unpaired) electrons. The smallest absolute Gasteiger partial charge is 0.217 e. The Morgan fingerprint density at radius 3 is 2.43 bits per heavy atom. The maximum Gasteiger partial charge on any atom is 0.217 e. The van der Waals surface area contributed by atoms with E-state index >= 15 is 0 Å². The maximum absolute atomic E-state index is 13.5. The van der Waals surface area contributed by atoms with Gasteiger partial charge in [-0.2, -0.15) is 0 Å². The topological polar surface area (TPSA) is 74.2 Å². The number of rotatable bonds is 9. The van der Waals surface area contributed by atoms with E-state index in [2.05, 4.69) is 35.5 Å². The molecule has 1 heterocycles. The first-order chi connectivity index (χ1) is 14.2. The number of amides is 1. The second-order valence-electron chi connectivity index (χ2n) is 8.45. The third kappa shape index (κ3) is 5.61. The van der Waals surface area contributed by atoms with Crippen LogP contribution in [0.2, 0.25) is 0 Å². The molecule has 1 fully saturated rings. The average molecular weight is 418 g/mol. The van der Waals surface area contributed by atoms with Gasteiger partial charge in [0, 0.05) is 25.7 Å². The van der Waals surface area contributed by atoms with Gasteiger partial charge in [-0.1, -0.05) is 13.8 Å². The van der Waals surface area contributed by atoms with Crippen molar-refractivity contribution in [2.75, 3.05) is 6.54 Å². The molecule has 5 nitrogen and oxygen atoms in total. The summed E-state index contributed by atoms with van der Waals surface area (Å²) in [5.41, 5.74) is 2.25. The number of nitrogens with zero attached hydrogens (tertiary/aromatic N) is 1. The number of nitrogens with one attached hydrogen (secondary N) is 2. The van der Waals surface area contributed by atoms with Gasteiger partial charge in [-0.15, -0.1) is 0 Å². The van der Waals surface area contributed by atoms with Gasteiger partial charge < -0.3 is 15.7 Å². The Morgan fingerprint density at radius 2 is 1.87 bits per heavy atom. The Morgan fingerprint density at radius 1 is 1.20 bits per heavy atom. The third-order valence-corrected chi connectivity index (χ3v) is 5.57. The van der Waals surface area contributed by atoms with Crippen LogP contribution in [-0.4, -0.2) is 34.7 Å². The van der Waals surface area contributed by atoms with E-state index in [1.54, 1.807) is 6.20 Å². The van der Waals surface area contributed by atoms with Crippen molar-refractivity contribution in [3.05, 3.63) is 65.0 Å². The molecule has 0 saturated heterocycles. The van der Waals surface area contributed by atoms with Crippen molar-refractivity contribution < 1.29 is 18.7 Å². The van der Waals surface area contributed by atoms with E-state index in [1.807, 2.05) is 6.07 Å². The van der Waals surface area contributed by atoms with Crippen LogP contribution < -0.4 is 10.6 Å². The molecule has 1 aromatic heterocycles. The van der Waals surface area contributed by atoms with Crippen LogP contribution in [0.4, 0.5) is 8.78 Å². The number of carbonyl (C=O) groups excluding carboxylic acids is 1. The van der Waals surface area contributed by atoms with Crippen LogP contribution in [0.1, 0.15) is 56.4 Å². The van der Waals surface area contributed by atoms with Crippen LogP contribution in [0.3, 0.4) is 0 Å². The fourth-order valence-corrected chi connectivity index (χ4v) is 3.69. The lowest BCUT2D eigenvalue weighted by Crippen LogP contribution is -2.49. The minimum Gasteiger partial charge on any atom is -0.390 e. The standard InChI is InChI=1S/C23H29F2N3O2/c1-14(2)17-4-7-26-22(11-17)23(5-6-23)27-13-21(30)20(28-15(3)29)10-16-8-18(24)12-19(25)9-16/h4,7-9,11-12,14,20-21,27,30H,5-6,10,13H2,1-3H3,(H,28,29)/t20?,21-/m1/s1. The quantitative estimate of drug-likeness (QED) is 0.586. The molecule has 0 bridgehead atoms. The second-order valence-corrected chi connectivity index (χ2v) is 8.45. The van der Waals surface area contributed by atoms with E-state index in [1.165, 1.54) is 24.6 Å². The normalized spacial score (nSPS) is 16.9. The summed E-state index contributed by atoms with van der Waals surface area (Å²) in [5.74, 6) is -1.30. The number of hydrogen-bond acceptors (Lipinski definition) is 4. The molecule has 3 N–H and O–H groups in total. The lowest BCUT2D eigenvalue weighted by atomic mass is 9.99. The van der Waals surface area contributed by atoms with E-state index in [9.17, 15) is 18.7 Å². The van der Waals surface area contributed by atoms with Crippen molar-refractivity contribution in [3.63, 3.8) is 0 Å². The van der Waals surface area contributed by atoms with Gasteiger partial charge in [0.15, 0.2) is 0 Å². The summed E-state index contributed by atoms with van der Waals surface area (Å²) in [6.07, 6.45) is 2.81. The van der Waals surface area contributed by atoms with Crippen LogP contribution in [0.15, 0.2) is 36.5 Å². The second kappa shape index (κ2) is 9.18. The van der Waals surface area contributed by atoms with E-state index in [0.717, 1.165) is 24.6 Å². The van der Waals surface area contributed by atoms with Crippen molar-refractivity contribution in [2.24, 2.45) is 0 Å². The van der Waals surface area contributed by atoms with E-state index < -0.39 is 23.8 Å². The molecule has 2 aromatic rings. The molecule has 1 amide bonds. The van der Waals surface area contributed by atoms with Gasteiger partial charge >= 0.3 is 0 Å². The molecule has 1 saturated carbocycles. The van der Waals surface area contributed by atoms with Gasteiger partial charge in [0.05, 0.1) is 23.4 Å². The molecule has 2 atom stereocenters. The van der Waals surface area contributed by atoms with Crippen LogP contribution in [0, 0.1) is 11.6 Å². The Labute approximate surface area is 175 Å². The fourth-order valence-electron chi connectivity index (χ4n) is 3.69. The highest BCUT2D eigenvalue weighted by Gasteiger charge is 2.46. The van der Waals surface area contributed by atoms with Crippen LogP contribution >= 0.6 is 0 Å². The summed E-state index contributed by atoms with van der Waals surface area (Å²) in [6.45, 7) is 5.83. The van der Waals surface area contributed by atoms with Gasteiger partial charge in [0.1, 0.15) is 11.6 Å². The zero-order chi connectivity index (χ0) is 21.9. The molecule has 1 aromatic carbocycles. The summed E-state index contributed by atoms with van der Waals surface area (Å²) in [7, 11) is 0. The van der Waals surface area contributed by atoms with Gasteiger partial charge in [-0.05, 0) is 60.6 Å². The number of aromatic nitrogens is 1. The van der Waals surface area contributed by atoms with E-state index in [-0.39, 0.29) is 24.4 Å². The largest absolute Gasteiger partial charge is 0.390 e. The fraction of sp³-hybridized carbons (Fsp3) is 0.478. The van der Waals surface area contributed by atoms with Crippen molar-refractivity contribution >= 4 is 5.91 Å². The highest BCUT2D eigenvalue weighted by molar-refractivity contribution is 5.73. The van der Waals surface area contributed by atoms with Gasteiger partial charge in [-0.25, -0.2) is 8.78 Å². The van der Waals surface area contributed by atoms with Gasteiger partial charge in [0.2, 0.25) is 5.91 Å². The molecule has 1 aliphatic rings. The molecule has 1 aliphatic carbocycles. The highest BCUT2D eigenvalue weighted by Crippen LogP contribution is 2.45. The summed E-state index contributed by atoms with van der Waals surface area (Å²) in [5, 5.41) is 16.9. The first-order valence-electron chi connectivity index (χ1n) is 10.3. The molecular formula is C23H29F2N3O2. The number of halogens is 2. The van der Waals surface area contributed by atoms with Crippen LogP contribution in [0.5, 0.6) is 0 Å². The predicted octanol–water partition coefficient (Wildman–Crippen LogP) is 3.17. The summed E-state index contributed by atoms with van der Waals surface area (Å²) >= 11 is 0. The minimum atomic E-state index is -0.939. The van der Waals surface area contributed by atoms with Crippen molar-refractivity contribution in [1.82, 2.24) is 15.6 Å². The molecule has 1 unspecified atom stereocenters. The Balaban J connectivity index is 1.69. The van der Waals surface area contributed by atoms with Crippen LogP contribution in [0.25, 0.3) is 0 Å². The monoisotopic (exact) mass is 417 g/mol. The lowest BCUT2D eigenvalue weighted by Gasteiger charge is -2.27. The van der Waals surface area contributed by atoms with Crippen LogP contribution in [-0.2, 0) is 16.8 Å². The number of carbonyl (C=O) groups is 1. The lowest BCUT2D eigenvalue weighted by molar-refractivity contribution is -0.120. The molecule has 7 heteroatoms. The highest BCUT2D eigenvalue weighted by atomic mass is 19.1. The number of benzene rings is 1. The average Bonchev–Trinajstić information content (AvgIpc) is 3.46. The Hall–Kier alpha value is -2.38. The first kappa shape index (κ1) is 22.3. The Bertz CT molecular complexity index is 880. The van der Waals surface area contributed by atoms with Gasteiger partial charge in [-0.3, -0.25) is 9.78 Å². The van der Waals surface area contributed by atoms with E-state index in [4.69, 9.17) is 0 Å². The van der Waals surface area contributed by atoms with Crippen molar-refractivity contribution in [1.29, 1.82) is 0 Å². The zero-order valence-corrected chi connectivity index (χ0v) is 17.6. The molecule has 162 valence electrons. The number of aliphatic hydroxyl groups excluding tert-OH is 1. The first-order valence-corrected chi connectivity index (χ1v) is 10.3. The number of hydrogen-bond donors (Lipinski definition) is 3. The van der Waals surface area contributed by atoms with Crippen molar-refractivity contribution in [2.45, 2.75) is 63.6 Å². The summed E-state index contributed by atoms with van der Waals surface area (Å²) in [4.78, 5) is 16.1.